The van der Waals surface area contributed by atoms with Gasteiger partial charge in [0, 0.05) is 11.1 Å². The summed E-state index contributed by atoms with van der Waals surface area (Å²) in [6, 6.07) is 15.3. The first-order valence-corrected chi connectivity index (χ1v) is 8.01. The molecule has 0 heterocycles. The summed E-state index contributed by atoms with van der Waals surface area (Å²) in [5, 5.41) is 4.44. The molecule has 0 aliphatic carbocycles. The average molecular weight is 302 g/mol. The molecule has 0 spiro atoms. The zero-order valence-electron chi connectivity index (χ0n) is 13.1. The minimum absolute atomic E-state index is 0.414. The molecular weight excluding hydrogens is 278 g/mol. The highest BCUT2D eigenvalue weighted by Gasteiger charge is 2.12. The van der Waals surface area contributed by atoms with E-state index in [-0.39, 0.29) is 0 Å². The predicted octanol–water partition coefficient (Wildman–Crippen LogP) is 4.72. The molecule has 1 unspecified atom stereocenters. The van der Waals surface area contributed by atoms with Gasteiger partial charge < -0.3 is 5.32 Å². The van der Waals surface area contributed by atoms with Gasteiger partial charge in [0.15, 0.2) is 0 Å². The molecule has 0 saturated carbocycles. The summed E-state index contributed by atoms with van der Waals surface area (Å²) in [6.07, 6.45) is 1.99. The van der Waals surface area contributed by atoms with Gasteiger partial charge >= 0.3 is 0 Å². The molecule has 2 aromatic carbocycles. The lowest BCUT2D eigenvalue weighted by atomic mass is 9.96. The Labute approximate surface area is 133 Å². The van der Waals surface area contributed by atoms with Crippen molar-refractivity contribution in [2.75, 3.05) is 6.54 Å². The van der Waals surface area contributed by atoms with E-state index < -0.39 is 0 Å². The fourth-order valence-electron chi connectivity index (χ4n) is 2.65. The highest BCUT2D eigenvalue weighted by atomic mass is 35.5. The fraction of sp³-hybridized carbons (Fsp3) is 0.368. The van der Waals surface area contributed by atoms with Crippen LogP contribution in [0.25, 0.3) is 0 Å². The van der Waals surface area contributed by atoms with E-state index in [1.54, 1.807) is 0 Å². The molecule has 0 fully saturated rings. The normalized spacial score (nSPS) is 12.4. The van der Waals surface area contributed by atoms with Crippen molar-refractivity contribution in [1.29, 1.82) is 0 Å². The third kappa shape index (κ3) is 4.59. The van der Waals surface area contributed by atoms with E-state index in [1.807, 2.05) is 12.1 Å². The highest BCUT2D eigenvalue weighted by Crippen LogP contribution is 2.19. The first-order valence-electron chi connectivity index (χ1n) is 7.63. The first kappa shape index (κ1) is 16.1. The van der Waals surface area contributed by atoms with Gasteiger partial charge in [-0.05, 0) is 61.6 Å². The van der Waals surface area contributed by atoms with Gasteiger partial charge in [-0.15, -0.1) is 0 Å². The van der Waals surface area contributed by atoms with Gasteiger partial charge in [-0.3, -0.25) is 0 Å². The number of hydrogen-bond acceptors (Lipinski definition) is 1. The second kappa shape index (κ2) is 7.63. The molecular formula is C19H24ClN. The minimum atomic E-state index is 0.414. The number of halogens is 1. The smallest absolute Gasteiger partial charge is 0.0438 e. The average Bonchev–Trinajstić information content (AvgIpc) is 2.46. The Kier molecular flexibility index (Phi) is 5.84. The van der Waals surface area contributed by atoms with E-state index in [9.17, 15) is 0 Å². The molecule has 0 aliphatic heterocycles. The van der Waals surface area contributed by atoms with Gasteiger partial charge in [0.05, 0.1) is 0 Å². The number of hydrogen-bond donors (Lipinski definition) is 1. The monoisotopic (exact) mass is 301 g/mol. The van der Waals surface area contributed by atoms with Crippen LogP contribution in [-0.2, 0) is 12.8 Å². The molecule has 0 saturated heterocycles. The van der Waals surface area contributed by atoms with Gasteiger partial charge in [0.25, 0.3) is 0 Å². The first-order chi connectivity index (χ1) is 10.1. The van der Waals surface area contributed by atoms with E-state index >= 15 is 0 Å². The molecule has 1 atom stereocenters. The maximum Gasteiger partial charge on any atom is 0.0438 e. The third-order valence-corrected chi connectivity index (χ3v) is 4.34. The van der Waals surface area contributed by atoms with Gasteiger partial charge in [0.2, 0.25) is 0 Å². The van der Waals surface area contributed by atoms with Crippen molar-refractivity contribution >= 4 is 11.6 Å². The molecule has 0 aromatic heterocycles. The van der Waals surface area contributed by atoms with Gasteiger partial charge in [-0.1, -0.05) is 54.9 Å². The van der Waals surface area contributed by atoms with Crippen molar-refractivity contribution in [2.45, 2.75) is 39.7 Å². The van der Waals surface area contributed by atoms with Crippen LogP contribution in [0.3, 0.4) is 0 Å². The summed E-state index contributed by atoms with van der Waals surface area (Å²) in [5.74, 6) is 0. The van der Waals surface area contributed by atoms with Crippen LogP contribution in [0, 0.1) is 13.8 Å². The van der Waals surface area contributed by atoms with Crippen molar-refractivity contribution in [3.63, 3.8) is 0 Å². The molecule has 21 heavy (non-hydrogen) atoms. The molecule has 1 N–H and O–H groups in total. The van der Waals surface area contributed by atoms with Gasteiger partial charge in [-0.2, -0.15) is 0 Å². The van der Waals surface area contributed by atoms with E-state index in [0.29, 0.717) is 6.04 Å². The zero-order valence-corrected chi connectivity index (χ0v) is 13.9. The largest absolute Gasteiger partial charge is 0.314 e. The van der Waals surface area contributed by atoms with E-state index in [2.05, 4.69) is 56.4 Å². The third-order valence-electron chi connectivity index (χ3n) is 3.97. The maximum absolute atomic E-state index is 6.29. The standard InChI is InChI=1S/C19H24ClN/c1-4-21-18(13-17-7-5-6-8-19(17)20)12-16-10-9-14(2)15(3)11-16/h5-11,18,21H,4,12-13H2,1-3H3. The molecule has 0 bridgehead atoms. The zero-order chi connectivity index (χ0) is 15.2. The molecule has 2 aromatic rings. The molecule has 2 heteroatoms. The van der Waals surface area contributed by atoms with Crippen LogP contribution in [0.5, 0.6) is 0 Å². The van der Waals surface area contributed by atoms with Crippen LogP contribution in [-0.4, -0.2) is 12.6 Å². The molecule has 0 radical (unpaired) electrons. The van der Waals surface area contributed by atoms with Crippen molar-refractivity contribution in [2.24, 2.45) is 0 Å². The van der Waals surface area contributed by atoms with Crippen molar-refractivity contribution in [3.05, 3.63) is 69.7 Å². The number of benzene rings is 2. The van der Waals surface area contributed by atoms with E-state index in [1.165, 1.54) is 22.3 Å². The summed E-state index contributed by atoms with van der Waals surface area (Å²) in [7, 11) is 0. The Bertz CT molecular complexity index is 592. The number of likely N-dealkylation sites (N-methyl/N-ethyl adjacent to an activating group) is 1. The van der Waals surface area contributed by atoms with Gasteiger partial charge in [-0.25, -0.2) is 0 Å². The van der Waals surface area contributed by atoms with Crippen molar-refractivity contribution < 1.29 is 0 Å². The van der Waals surface area contributed by atoms with Crippen LogP contribution in [0.2, 0.25) is 5.02 Å². The Morgan fingerprint density at radius 3 is 2.43 bits per heavy atom. The summed E-state index contributed by atoms with van der Waals surface area (Å²) < 4.78 is 0. The summed E-state index contributed by atoms with van der Waals surface area (Å²) in [5.41, 5.74) is 5.32. The van der Waals surface area contributed by atoms with Crippen LogP contribution < -0.4 is 5.32 Å². The second-order valence-corrected chi connectivity index (χ2v) is 6.08. The summed E-state index contributed by atoms with van der Waals surface area (Å²) >= 11 is 6.29. The van der Waals surface area contributed by atoms with Crippen LogP contribution in [0.1, 0.15) is 29.2 Å². The van der Waals surface area contributed by atoms with Crippen LogP contribution in [0.4, 0.5) is 0 Å². The van der Waals surface area contributed by atoms with E-state index in [0.717, 1.165) is 24.4 Å². The predicted molar refractivity (Wildman–Crippen MR) is 92.2 cm³/mol. The Balaban J connectivity index is 2.11. The summed E-state index contributed by atoms with van der Waals surface area (Å²) in [4.78, 5) is 0. The van der Waals surface area contributed by atoms with E-state index in [4.69, 9.17) is 11.6 Å². The molecule has 1 nitrogen and oxygen atoms in total. The number of nitrogens with one attached hydrogen (secondary N) is 1. The maximum atomic E-state index is 6.29. The Morgan fingerprint density at radius 2 is 1.76 bits per heavy atom. The quantitative estimate of drug-likeness (QED) is 0.814. The topological polar surface area (TPSA) is 12.0 Å². The lowest BCUT2D eigenvalue weighted by molar-refractivity contribution is 0.521. The minimum Gasteiger partial charge on any atom is -0.314 e. The Hall–Kier alpha value is -1.31. The molecule has 112 valence electrons. The molecule has 0 aliphatic rings. The fourth-order valence-corrected chi connectivity index (χ4v) is 2.86. The SMILES string of the molecule is CCNC(Cc1ccc(C)c(C)c1)Cc1ccccc1Cl. The number of aryl methyl sites for hydroxylation is 2. The highest BCUT2D eigenvalue weighted by molar-refractivity contribution is 6.31. The molecule has 2 rings (SSSR count). The number of rotatable bonds is 6. The lowest BCUT2D eigenvalue weighted by Crippen LogP contribution is -2.33. The Morgan fingerprint density at radius 1 is 1.00 bits per heavy atom. The van der Waals surface area contributed by atoms with Crippen LogP contribution in [0.15, 0.2) is 42.5 Å². The van der Waals surface area contributed by atoms with Gasteiger partial charge in [0.1, 0.15) is 0 Å². The summed E-state index contributed by atoms with van der Waals surface area (Å²) in [6.45, 7) is 7.46. The second-order valence-electron chi connectivity index (χ2n) is 5.67. The van der Waals surface area contributed by atoms with Crippen molar-refractivity contribution in [1.82, 2.24) is 5.32 Å². The lowest BCUT2D eigenvalue weighted by Gasteiger charge is -2.19. The van der Waals surface area contributed by atoms with Crippen LogP contribution >= 0.6 is 11.6 Å². The molecule has 0 amide bonds. The van der Waals surface area contributed by atoms with Crippen molar-refractivity contribution in [3.8, 4) is 0 Å².